The van der Waals surface area contributed by atoms with Crippen LogP contribution in [0.25, 0.3) is 16.7 Å². The van der Waals surface area contributed by atoms with E-state index in [4.69, 9.17) is 9.72 Å². The number of piperazine rings is 1. The van der Waals surface area contributed by atoms with Gasteiger partial charge in [-0.1, -0.05) is 0 Å². The maximum atomic E-state index is 11.7. The fraction of sp³-hybridized carbons (Fsp3) is 0.292. The molecule has 10 nitrogen and oxygen atoms in total. The molecule has 1 saturated heterocycles. The summed E-state index contributed by atoms with van der Waals surface area (Å²) < 4.78 is 32.1. The Morgan fingerprint density at radius 1 is 1.00 bits per heavy atom. The van der Waals surface area contributed by atoms with Crippen molar-refractivity contribution in [3.63, 3.8) is 0 Å². The number of rotatable bonds is 6. The molecule has 11 heteroatoms. The quantitative estimate of drug-likeness (QED) is 0.437. The Bertz CT molecular complexity index is 1460. The van der Waals surface area contributed by atoms with Gasteiger partial charge in [0.2, 0.25) is 16.0 Å². The van der Waals surface area contributed by atoms with Crippen molar-refractivity contribution < 1.29 is 13.2 Å². The highest BCUT2D eigenvalue weighted by molar-refractivity contribution is 7.88. The third kappa shape index (κ3) is 4.77. The number of hydrogen-bond donors (Lipinski definition) is 1. The van der Waals surface area contributed by atoms with Crippen LogP contribution in [0.4, 0.5) is 17.3 Å². The van der Waals surface area contributed by atoms with E-state index in [1.54, 1.807) is 24.2 Å². The normalized spacial score (nSPS) is 14.9. The van der Waals surface area contributed by atoms with Gasteiger partial charge in [-0.25, -0.2) is 18.1 Å². The second-order valence-corrected chi connectivity index (χ2v) is 10.5. The van der Waals surface area contributed by atoms with Crippen molar-refractivity contribution in [1.29, 1.82) is 0 Å². The molecular formula is C24H27N7O3S. The van der Waals surface area contributed by atoms with Crippen LogP contribution in [0.5, 0.6) is 5.75 Å². The fourth-order valence-corrected chi connectivity index (χ4v) is 5.04. The van der Waals surface area contributed by atoms with Gasteiger partial charge >= 0.3 is 0 Å². The number of nitrogens with one attached hydrogen (secondary N) is 1. The summed E-state index contributed by atoms with van der Waals surface area (Å²) in [5.41, 5.74) is 4.56. The third-order valence-corrected chi connectivity index (χ3v) is 7.44. The molecule has 1 aliphatic heterocycles. The van der Waals surface area contributed by atoms with E-state index in [0.29, 0.717) is 37.8 Å². The first kappa shape index (κ1) is 23.1. The van der Waals surface area contributed by atoms with Crippen molar-refractivity contribution in [2.45, 2.75) is 6.92 Å². The number of aryl methyl sites for hydroxylation is 1. The lowest BCUT2D eigenvalue weighted by Gasteiger charge is -2.34. The molecule has 1 fully saturated rings. The largest absolute Gasteiger partial charge is 0.497 e. The van der Waals surface area contributed by atoms with E-state index in [0.717, 1.165) is 33.8 Å². The molecule has 0 bridgehead atoms. The molecule has 1 N–H and O–H groups in total. The number of ether oxygens (including phenoxy) is 1. The van der Waals surface area contributed by atoms with Gasteiger partial charge in [0.05, 0.1) is 30.6 Å². The number of aromatic nitrogens is 4. The Kier molecular flexibility index (Phi) is 6.03. The standard InChI is InChI=1S/C24H27N7O3S/c1-17-14-21(34-2)8-9-22(17)31-23-18(16-26-31)15-25-24(28-23)27-19-4-6-20(7-5-19)29-10-12-30(13-11-29)35(3,32)33/h4-9,14-16H,10-13H2,1-3H3,(H,25,27,28). The van der Waals surface area contributed by atoms with Gasteiger partial charge in [-0.05, 0) is 55.0 Å². The van der Waals surface area contributed by atoms with E-state index in [1.165, 1.54) is 10.6 Å². The molecule has 5 rings (SSSR count). The highest BCUT2D eigenvalue weighted by Crippen LogP contribution is 2.25. The maximum Gasteiger partial charge on any atom is 0.229 e. The van der Waals surface area contributed by atoms with Crippen molar-refractivity contribution in [3.8, 4) is 11.4 Å². The molecule has 3 heterocycles. The topological polar surface area (TPSA) is 105 Å². The molecule has 0 atom stereocenters. The summed E-state index contributed by atoms with van der Waals surface area (Å²) in [7, 11) is -1.49. The minimum atomic E-state index is -3.14. The number of fused-ring (bicyclic) bond motifs is 1. The van der Waals surface area contributed by atoms with Crippen LogP contribution in [0, 0.1) is 6.92 Å². The number of anilines is 3. The lowest BCUT2D eigenvalue weighted by atomic mass is 10.2. The predicted octanol–water partition coefficient (Wildman–Crippen LogP) is 2.96. The summed E-state index contributed by atoms with van der Waals surface area (Å²) in [4.78, 5) is 11.3. The number of methoxy groups -OCH3 is 1. The first-order chi connectivity index (χ1) is 16.8. The number of sulfonamides is 1. The van der Waals surface area contributed by atoms with Gasteiger partial charge in [0.25, 0.3) is 0 Å². The number of benzene rings is 2. The summed E-state index contributed by atoms with van der Waals surface area (Å²) in [6.45, 7) is 4.32. The van der Waals surface area contributed by atoms with Gasteiger partial charge in [-0.3, -0.25) is 0 Å². The monoisotopic (exact) mass is 493 g/mol. The Hall–Kier alpha value is -3.70. The molecule has 0 saturated carbocycles. The SMILES string of the molecule is COc1ccc(-n2ncc3cnc(Nc4ccc(N5CCN(S(C)(=O)=O)CC5)cc4)nc32)c(C)c1. The van der Waals surface area contributed by atoms with Crippen molar-refractivity contribution in [2.75, 3.05) is 49.8 Å². The molecule has 0 amide bonds. The van der Waals surface area contributed by atoms with E-state index in [1.807, 2.05) is 49.4 Å². The summed E-state index contributed by atoms with van der Waals surface area (Å²) >= 11 is 0. The van der Waals surface area contributed by atoms with Crippen LogP contribution in [0.1, 0.15) is 5.56 Å². The lowest BCUT2D eigenvalue weighted by molar-refractivity contribution is 0.388. The fourth-order valence-electron chi connectivity index (χ4n) is 4.21. The third-order valence-electron chi connectivity index (χ3n) is 6.14. The predicted molar refractivity (Wildman–Crippen MR) is 136 cm³/mol. The number of nitrogens with zero attached hydrogens (tertiary/aromatic N) is 6. The van der Waals surface area contributed by atoms with E-state index in [9.17, 15) is 8.42 Å². The summed E-state index contributed by atoms with van der Waals surface area (Å²) in [5.74, 6) is 1.26. The van der Waals surface area contributed by atoms with E-state index < -0.39 is 10.0 Å². The lowest BCUT2D eigenvalue weighted by Crippen LogP contribution is -2.48. The van der Waals surface area contributed by atoms with Crippen LogP contribution in [0.15, 0.2) is 54.9 Å². The Labute approximate surface area is 204 Å². The highest BCUT2D eigenvalue weighted by Gasteiger charge is 2.23. The summed E-state index contributed by atoms with van der Waals surface area (Å²) in [6.07, 6.45) is 4.76. The van der Waals surface area contributed by atoms with Gasteiger partial charge in [-0.15, -0.1) is 0 Å². The molecule has 4 aromatic rings. The zero-order valence-electron chi connectivity index (χ0n) is 19.8. The zero-order chi connectivity index (χ0) is 24.6. The van der Waals surface area contributed by atoms with Crippen LogP contribution < -0.4 is 15.0 Å². The minimum Gasteiger partial charge on any atom is -0.497 e. The zero-order valence-corrected chi connectivity index (χ0v) is 20.7. The van der Waals surface area contributed by atoms with Gasteiger partial charge in [0.15, 0.2) is 5.65 Å². The maximum absolute atomic E-state index is 11.7. The molecule has 2 aromatic carbocycles. The second-order valence-electron chi connectivity index (χ2n) is 8.50. The summed E-state index contributed by atoms with van der Waals surface area (Å²) in [6, 6.07) is 13.8. The van der Waals surface area contributed by atoms with Crippen LogP contribution in [-0.4, -0.2) is 72.0 Å². The van der Waals surface area contributed by atoms with Crippen LogP contribution in [0.3, 0.4) is 0 Å². The van der Waals surface area contributed by atoms with Crippen LogP contribution in [-0.2, 0) is 10.0 Å². The Balaban J connectivity index is 1.33. The van der Waals surface area contributed by atoms with Crippen LogP contribution >= 0.6 is 0 Å². The molecule has 0 spiro atoms. The van der Waals surface area contributed by atoms with Crippen molar-refractivity contribution in [1.82, 2.24) is 24.1 Å². The molecule has 2 aromatic heterocycles. The van der Waals surface area contributed by atoms with E-state index in [2.05, 4.69) is 20.3 Å². The Morgan fingerprint density at radius 2 is 1.74 bits per heavy atom. The average molecular weight is 494 g/mol. The van der Waals surface area contributed by atoms with Gasteiger partial charge in [-0.2, -0.15) is 14.4 Å². The molecule has 0 radical (unpaired) electrons. The Morgan fingerprint density at radius 3 is 2.40 bits per heavy atom. The first-order valence-electron chi connectivity index (χ1n) is 11.2. The van der Waals surface area contributed by atoms with Gasteiger partial charge in [0.1, 0.15) is 5.75 Å². The van der Waals surface area contributed by atoms with E-state index in [-0.39, 0.29) is 0 Å². The second kappa shape index (κ2) is 9.16. The molecule has 1 aliphatic rings. The van der Waals surface area contributed by atoms with Crippen molar-refractivity contribution in [3.05, 3.63) is 60.4 Å². The van der Waals surface area contributed by atoms with Gasteiger partial charge in [0, 0.05) is 43.8 Å². The minimum absolute atomic E-state index is 0.472. The van der Waals surface area contributed by atoms with E-state index >= 15 is 0 Å². The average Bonchev–Trinajstić information content (AvgIpc) is 3.27. The first-order valence-corrected chi connectivity index (χ1v) is 13.1. The molecule has 0 unspecified atom stereocenters. The van der Waals surface area contributed by atoms with Gasteiger partial charge < -0.3 is 15.0 Å². The van der Waals surface area contributed by atoms with Crippen molar-refractivity contribution >= 4 is 38.4 Å². The summed E-state index contributed by atoms with van der Waals surface area (Å²) in [5, 5.41) is 8.62. The number of hydrogen-bond acceptors (Lipinski definition) is 8. The molecular weight excluding hydrogens is 466 g/mol. The molecule has 182 valence electrons. The van der Waals surface area contributed by atoms with Crippen molar-refractivity contribution in [2.24, 2.45) is 0 Å². The molecule has 0 aliphatic carbocycles. The highest BCUT2D eigenvalue weighted by atomic mass is 32.2. The molecule has 35 heavy (non-hydrogen) atoms. The smallest absolute Gasteiger partial charge is 0.229 e. The van der Waals surface area contributed by atoms with Crippen LogP contribution in [0.2, 0.25) is 0 Å².